The molecule has 0 fully saturated rings. The van der Waals surface area contributed by atoms with Crippen molar-refractivity contribution >= 4 is 11.3 Å². The van der Waals surface area contributed by atoms with Crippen LogP contribution < -0.4 is 0 Å². The summed E-state index contributed by atoms with van der Waals surface area (Å²) >= 11 is 1.71. The lowest BCUT2D eigenvalue weighted by molar-refractivity contribution is 0.173. The Morgan fingerprint density at radius 2 is 2.29 bits per heavy atom. The lowest BCUT2D eigenvalue weighted by atomic mass is 10.1. The van der Waals surface area contributed by atoms with Gasteiger partial charge in [0.2, 0.25) is 0 Å². The highest BCUT2D eigenvalue weighted by Crippen LogP contribution is 2.17. The Morgan fingerprint density at radius 3 is 2.94 bits per heavy atom. The van der Waals surface area contributed by atoms with Gasteiger partial charge in [-0.3, -0.25) is 0 Å². The quantitative estimate of drug-likeness (QED) is 0.886. The number of aliphatic hydroxyl groups is 1. The highest BCUT2D eigenvalue weighted by Gasteiger charge is 2.07. The van der Waals surface area contributed by atoms with Gasteiger partial charge in [0.05, 0.1) is 23.4 Å². The molecule has 0 bridgehead atoms. The molecule has 2 aromatic rings. The van der Waals surface area contributed by atoms with Crippen LogP contribution in [0.1, 0.15) is 42.6 Å². The van der Waals surface area contributed by atoms with E-state index in [1.165, 1.54) is 5.01 Å². The van der Waals surface area contributed by atoms with Gasteiger partial charge in [-0.1, -0.05) is 13.8 Å². The minimum absolute atomic E-state index is 0.349. The first-order valence-corrected chi connectivity index (χ1v) is 6.88. The van der Waals surface area contributed by atoms with Crippen molar-refractivity contribution in [2.24, 2.45) is 0 Å². The number of nitrogens with zero attached hydrogens (tertiary/aromatic N) is 2. The Labute approximate surface area is 106 Å². The molecule has 0 aromatic carbocycles. The zero-order valence-electron chi connectivity index (χ0n) is 10.3. The molecule has 1 unspecified atom stereocenters. The number of rotatable bonds is 5. The molecule has 2 heterocycles. The van der Waals surface area contributed by atoms with E-state index in [9.17, 15) is 5.11 Å². The van der Waals surface area contributed by atoms with Crippen LogP contribution in [0, 0.1) is 0 Å². The van der Waals surface area contributed by atoms with E-state index in [1.807, 2.05) is 25.4 Å². The predicted octanol–water partition coefficient (Wildman–Crippen LogP) is 3.00. The van der Waals surface area contributed by atoms with Crippen LogP contribution in [0.5, 0.6) is 0 Å². The molecule has 1 atom stereocenters. The third-order valence-corrected chi connectivity index (χ3v) is 3.83. The minimum Gasteiger partial charge on any atom is -0.388 e. The molecular weight excluding hydrogens is 232 g/mol. The minimum atomic E-state index is -0.349. The van der Waals surface area contributed by atoms with E-state index in [-0.39, 0.29) is 6.10 Å². The topological polar surface area (TPSA) is 38.0 Å². The van der Waals surface area contributed by atoms with Gasteiger partial charge in [0.25, 0.3) is 0 Å². The predicted molar refractivity (Wildman–Crippen MR) is 70.3 cm³/mol. The molecule has 0 amide bonds. The summed E-state index contributed by atoms with van der Waals surface area (Å²) in [7, 11) is 0. The second kappa shape index (κ2) is 5.47. The summed E-state index contributed by atoms with van der Waals surface area (Å²) in [4.78, 5) is 4.53. The molecule has 17 heavy (non-hydrogen) atoms. The molecule has 0 saturated heterocycles. The van der Waals surface area contributed by atoms with E-state index >= 15 is 0 Å². The highest BCUT2D eigenvalue weighted by molar-refractivity contribution is 7.09. The number of thiazole rings is 1. The molecule has 0 spiro atoms. The van der Waals surface area contributed by atoms with Crippen LogP contribution in [0.2, 0.25) is 0 Å². The molecule has 3 nitrogen and oxygen atoms in total. The third kappa shape index (κ3) is 2.96. The van der Waals surface area contributed by atoms with Crippen LogP contribution in [0.25, 0.3) is 0 Å². The van der Waals surface area contributed by atoms with Crippen LogP contribution in [0.15, 0.2) is 23.8 Å². The molecule has 92 valence electrons. The fraction of sp³-hybridized carbons (Fsp3) is 0.462. The van der Waals surface area contributed by atoms with Crippen molar-refractivity contribution < 1.29 is 5.11 Å². The summed E-state index contributed by atoms with van der Waals surface area (Å²) in [6, 6.07) is 1.97. The molecule has 2 aromatic heterocycles. The van der Waals surface area contributed by atoms with Gasteiger partial charge < -0.3 is 9.67 Å². The first kappa shape index (κ1) is 12.3. The summed E-state index contributed by atoms with van der Waals surface area (Å²) in [6.45, 7) is 4.89. The van der Waals surface area contributed by atoms with Gasteiger partial charge in [-0.15, -0.1) is 11.3 Å². The zero-order chi connectivity index (χ0) is 12.3. The van der Waals surface area contributed by atoms with Gasteiger partial charge in [0.1, 0.15) is 0 Å². The van der Waals surface area contributed by atoms with Crippen molar-refractivity contribution in [2.45, 2.75) is 39.3 Å². The van der Waals surface area contributed by atoms with Crippen LogP contribution in [0.3, 0.4) is 0 Å². The monoisotopic (exact) mass is 250 g/mol. The highest BCUT2D eigenvalue weighted by atomic mass is 32.1. The normalized spacial score (nSPS) is 12.9. The maximum absolute atomic E-state index is 9.72. The largest absolute Gasteiger partial charge is 0.388 e. The second-order valence-electron chi connectivity index (χ2n) is 4.13. The molecule has 1 N–H and O–H groups in total. The van der Waals surface area contributed by atoms with Crippen molar-refractivity contribution in [1.82, 2.24) is 9.55 Å². The van der Waals surface area contributed by atoms with Crippen LogP contribution in [0.4, 0.5) is 0 Å². The maximum atomic E-state index is 9.72. The molecule has 0 aliphatic carbocycles. The smallest absolute Gasteiger partial charge is 0.0926 e. The van der Waals surface area contributed by atoms with Crippen LogP contribution >= 0.6 is 11.3 Å². The SMILES string of the molecule is CCc1nc(Cn2ccc(C(O)CC)c2)cs1. The van der Waals surface area contributed by atoms with E-state index in [1.54, 1.807) is 11.3 Å². The average Bonchev–Trinajstić information content (AvgIpc) is 2.97. The zero-order valence-corrected chi connectivity index (χ0v) is 11.1. The van der Waals surface area contributed by atoms with E-state index in [0.29, 0.717) is 0 Å². The number of aromatic nitrogens is 2. The second-order valence-corrected chi connectivity index (χ2v) is 5.07. The fourth-order valence-electron chi connectivity index (χ4n) is 1.76. The molecular formula is C13H18N2OS. The summed E-state index contributed by atoms with van der Waals surface area (Å²) in [5.74, 6) is 0. The Kier molecular flexibility index (Phi) is 3.97. The Balaban J connectivity index is 2.06. The molecule has 0 radical (unpaired) electrons. The first-order chi connectivity index (χ1) is 8.22. The van der Waals surface area contributed by atoms with Gasteiger partial charge >= 0.3 is 0 Å². The first-order valence-electron chi connectivity index (χ1n) is 6.00. The maximum Gasteiger partial charge on any atom is 0.0926 e. The van der Waals surface area contributed by atoms with Crippen LogP contribution in [-0.2, 0) is 13.0 Å². The van der Waals surface area contributed by atoms with E-state index in [2.05, 4.69) is 21.9 Å². The number of aryl methyl sites for hydroxylation is 1. The van der Waals surface area contributed by atoms with Gasteiger partial charge in [-0.25, -0.2) is 4.98 Å². The average molecular weight is 250 g/mol. The number of hydrogen-bond donors (Lipinski definition) is 1. The van der Waals surface area contributed by atoms with Gasteiger partial charge in [-0.05, 0) is 24.5 Å². The van der Waals surface area contributed by atoms with Crippen molar-refractivity contribution in [3.05, 3.63) is 40.1 Å². The molecule has 0 saturated carbocycles. The van der Waals surface area contributed by atoms with Gasteiger partial charge in [-0.2, -0.15) is 0 Å². The Bertz CT molecular complexity index is 475. The van der Waals surface area contributed by atoms with Gasteiger partial charge in [0.15, 0.2) is 0 Å². The Morgan fingerprint density at radius 1 is 1.47 bits per heavy atom. The van der Waals surface area contributed by atoms with Crippen molar-refractivity contribution in [1.29, 1.82) is 0 Å². The van der Waals surface area contributed by atoms with Crippen molar-refractivity contribution in [3.63, 3.8) is 0 Å². The fourth-order valence-corrected chi connectivity index (χ4v) is 2.50. The Hall–Kier alpha value is -1.13. The summed E-state index contributed by atoms with van der Waals surface area (Å²) < 4.78 is 2.07. The number of aliphatic hydroxyl groups excluding tert-OH is 1. The van der Waals surface area contributed by atoms with E-state index in [4.69, 9.17) is 0 Å². The lowest BCUT2D eigenvalue weighted by Crippen LogP contribution is -1.98. The van der Waals surface area contributed by atoms with Crippen molar-refractivity contribution in [3.8, 4) is 0 Å². The standard InChI is InChI=1S/C13H18N2OS/c1-3-12(16)10-5-6-15(7-10)8-11-9-17-13(4-2)14-11/h5-7,9,12,16H,3-4,8H2,1-2H3. The van der Waals surface area contributed by atoms with E-state index < -0.39 is 0 Å². The molecule has 0 aliphatic heterocycles. The van der Waals surface area contributed by atoms with Crippen molar-refractivity contribution in [2.75, 3.05) is 0 Å². The third-order valence-electron chi connectivity index (χ3n) is 2.79. The molecule has 2 rings (SSSR count). The number of hydrogen-bond acceptors (Lipinski definition) is 3. The van der Waals surface area contributed by atoms with Crippen LogP contribution in [-0.4, -0.2) is 14.7 Å². The van der Waals surface area contributed by atoms with Gasteiger partial charge in [0, 0.05) is 17.8 Å². The summed E-state index contributed by atoms with van der Waals surface area (Å²) in [5.41, 5.74) is 2.08. The molecule has 4 heteroatoms. The van der Waals surface area contributed by atoms with E-state index in [0.717, 1.165) is 30.6 Å². The lowest BCUT2D eigenvalue weighted by Gasteiger charge is -2.04. The summed E-state index contributed by atoms with van der Waals surface area (Å²) in [6.07, 6.45) is 5.40. The molecule has 0 aliphatic rings. The summed E-state index contributed by atoms with van der Waals surface area (Å²) in [5, 5.41) is 13.0.